The molecule has 4 nitrogen and oxygen atoms in total. The van der Waals surface area contributed by atoms with Crippen LogP contribution in [0.25, 0.3) is 17.0 Å². The molecule has 2 heterocycles. The molecule has 2 aromatic rings. The Morgan fingerprint density at radius 3 is 3.00 bits per heavy atom. The monoisotopic (exact) mass is 302 g/mol. The van der Waals surface area contributed by atoms with Gasteiger partial charge in [0.1, 0.15) is 11.3 Å². The molecule has 0 radical (unpaired) electrons. The Labute approximate surface area is 128 Å². The van der Waals surface area contributed by atoms with Crippen molar-refractivity contribution in [3.8, 4) is 5.75 Å². The van der Waals surface area contributed by atoms with Crippen molar-refractivity contribution in [2.45, 2.75) is 25.0 Å². The van der Waals surface area contributed by atoms with Crippen molar-refractivity contribution in [3.63, 3.8) is 0 Å². The summed E-state index contributed by atoms with van der Waals surface area (Å²) in [5.74, 6) is 0.0945. The number of halogens is 1. The molecule has 1 aromatic carbocycles. The number of ether oxygens (including phenoxy) is 2. The number of benzene rings is 1. The van der Waals surface area contributed by atoms with E-state index in [-0.39, 0.29) is 18.0 Å². The van der Waals surface area contributed by atoms with E-state index in [1.165, 1.54) is 13.2 Å². The van der Waals surface area contributed by atoms with Crippen molar-refractivity contribution in [1.82, 2.24) is 4.98 Å². The molecular weight excluding hydrogens is 283 g/mol. The Hall–Kier alpha value is -1.98. The van der Waals surface area contributed by atoms with Crippen molar-refractivity contribution in [2.24, 2.45) is 5.73 Å². The lowest BCUT2D eigenvalue weighted by atomic mass is 10.0. The van der Waals surface area contributed by atoms with E-state index < -0.39 is 0 Å². The van der Waals surface area contributed by atoms with E-state index >= 15 is 0 Å². The summed E-state index contributed by atoms with van der Waals surface area (Å²) in [7, 11) is 1.52. The molecule has 1 fully saturated rings. The van der Waals surface area contributed by atoms with Crippen LogP contribution < -0.4 is 10.5 Å². The zero-order chi connectivity index (χ0) is 15.5. The van der Waals surface area contributed by atoms with Gasteiger partial charge in [-0.15, -0.1) is 0 Å². The number of hydrogen-bond acceptors (Lipinski definition) is 4. The van der Waals surface area contributed by atoms with Crippen LogP contribution in [0.5, 0.6) is 5.75 Å². The van der Waals surface area contributed by atoms with Gasteiger partial charge in [-0.05, 0) is 30.5 Å². The number of aromatic nitrogens is 1. The summed E-state index contributed by atoms with van der Waals surface area (Å²) < 4.78 is 24.8. The molecule has 0 spiro atoms. The lowest BCUT2D eigenvalue weighted by Crippen LogP contribution is -2.34. The molecule has 3 rings (SSSR count). The van der Waals surface area contributed by atoms with Crippen LogP contribution in [-0.4, -0.2) is 30.8 Å². The van der Waals surface area contributed by atoms with Gasteiger partial charge in [-0.25, -0.2) is 4.39 Å². The van der Waals surface area contributed by atoms with E-state index in [1.54, 1.807) is 12.3 Å². The topological polar surface area (TPSA) is 57.4 Å². The Morgan fingerprint density at radius 1 is 1.41 bits per heavy atom. The van der Waals surface area contributed by atoms with Gasteiger partial charge in [-0.1, -0.05) is 12.2 Å². The first-order chi connectivity index (χ1) is 10.7. The predicted octanol–water partition coefficient (Wildman–Crippen LogP) is 2.90. The van der Waals surface area contributed by atoms with Crippen molar-refractivity contribution >= 4 is 17.0 Å². The fourth-order valence-corrected chi connectivity index (χ4v) is 2.63. The maximum absolute atomic E-state index is 14.0. The third-order valence-electron chi connectivity index (χ3n) is 3.88. The minimum atomic E-state index is -0.385. The van der Waals surface area contributed by atoms with E-state index in [1.807, 2.05) is 18.2 Å². The van der Waals surface area contributed by atoms with Crippen LogP contribution in [0.1, 0.15) is 18.4 Å². The van der Waals surface area contributed by atoms with Crippen LogP contribution in [0, 0.1) is 5.82 Å². The van der Waals surface area contributed by atoms with Crippen molar-refractivity contribution < 1.29 is 13.9 Å². The number of pyridine rings is 1. The number of fused-ring (bicyclic) bond motifs is 1. The molecule has 2 N–H and O–H groups in total. The molecule has 0 amide bonds. The maximum atomic E-state index is 14.0. The summed E-state index contributed by atoms with van der Waals surface area (Å²) in [6.07, 6.45) is 7.46. The van der Waals surface area contributed by atoms with Crippen molar-refractivity contribution in [3.05, 3.63) is 41.9 Å². The molecule has 0 aliphatic carbocycles. The van der Waals surface area contributed by atoms with Gasteiger partial charge in [0.25, 0.3) is 0 Å². The molecule has 116 valence electrons. The lowest BCUT2D eigenvalue weighted by molar-refractivity contribution is 0.0349. The van der Waals surface area contributed by atoms with Crippen molar-refractivity contribution in [1.29, 1.82) is 0 Å². The van der Waals surface area contributed by atoms with Crippen LogP contribution >= 0.6 is 0 Å². The normalized spacial score (nSPS) is 22.3. The molecular formula is C17H19FN2O2. The highest BCUT2D eigenvalue weighted by Gasteiger charge is 2.16. The number of nitrogens with zero attached hydrogens (tertiary/aromatic N) is 1. The van der Waals surface area contributed by atoms with Gasteiger partial charge in [0, 0.05) is 23.7 Å². The van der Waals surface area contributed by atoms with Gasteiger partial charge in [0.2, 0.25) is 0 Å². The molecule has 1 aliphatic heterocycles. The molecule has 5 heteroatoms. The third kappa shape index (κ3) is 3.10. The molecule has 0 bridgehead atoms. The van der Waals surface area contributed by atoms with E-state index in [9.17, 15) is 4.39 Å². The zero-order valence-corrected chi connectivity index (χ0v) is 12.5. The first-order valence-electron chi connectivity index (χ1n) is 7.35. The smallest absolute Gasteiger partial charge is 0.153 e. The SMILES string of the molecule is COc1cc(F)c2nccc(/C=C/[C@@H]3CC[C@@H](N)CO3)c2c1. The average molecular weight is 302 g/mol. The van der Waals surface area contributed by atoms with Crippen molar-refractivity contribution in [2.75, 3.05) is 13.7 Å². The van der Waals surface area contributed by atoms with Gasteiger partial charge >= 0.3 is 0 Å². The molecule has 1 aromatic heterocycles. The second-order valence-corrected chi connectivity index (χ2v) is 5.47. The summed E-state index contributed by atoms with van der Waals surface area (Å²) in [6, 6.07) is 5.12. The largest absolute Gasteiger partial charge is 0.497 e. The minimum absolute atomic E-state index is 0.0541. The van der Waals surface area contributed by atoms with E-state index in [2.05, 4.69) is 4.98 Å². The highest BCUT2D eigenvalue weighted by atomic mass is 19.1. The number of hydrogen-bond donors (Lipinski definition) is 1. The fourth-order valence-electron chi connectivity index (χ4n) is 2.63. The molecule has 0 saturated carbocycles. The summed E-state index contributed by atoms with van der Waals surface area (Å²) in [4.78, 5) is 4.11. The van der Waals surface area contributed by atoms with Gasteiger partial charge in [-0.3, -0.25) is 4.98 Å². The lowest BCUT2D eigenvalue weighted by Gasteiger charge is -2.24. The summed E-state index contributed by atoms with van der Waals surface area (Å²) in [5, 5.41) is 0.725. The van der Waals surface area contributed by atoms with E-state index in [0.717, 1.165) is 23.8 Å². The zero-order valence-electron chi connectivity index (χ0n) is 12.5. The molecule has 1 saturated heterocycles. The minimum Gasteiger partial charge on any atom is -0.497 e. The van der Waals surface area contributed by atoms with Crippen LogP contribution in [-0.2, 0) is 4.74 Å². The Kier molecular flexibility index (Phi) is 4.36. The third-order valence-corrected chi connectivity index (χ3v) is 3.88. The Bertz CT molecular complexity index is 694. The highest BCUT2D eigenvalue weighted by Crippen LogP contribution is 2.26. The quantitative estimate of drug-likeness (QED) is 0.947. The van der Waals surface area contributed by atoms with E-state index in [4.69, 9.17) is 15.2 Å². The second kappa shape index (κ2) is 6.42. The average Bonchev–Trinajstić information content (AvgIpc) is 2.54. The van der Waals surface area contributed by atoms with Crippen LogP contribution in [0.15, 0.2) is 30.5 Å². The Morgan fingerprint density at radius 2 is 2.27 bits per heavy atom. The van der Waals surface area contributed by atoms with Crippen LogP contribution in [0.4, 0.5) is 4.39 Å². The molecule has 1 aliphatic rings. The molecule has 2 atom stereocenters. The summed E-state index contributed by atoms with van der Waals surface area (Å²) in [5.41, 5.74) is 7.05. The summed E-state index contributed by atoms with van der Waals surface area (Å²) in [6.45, 7) is 0.578. The van der Waals surface area contributed by atoms with Gasteiger partial charge in [0.15, 0.2) is 5.82 Å². The van der Waals surface area contributed by atoms with Gasteiger partial charge in [0.05, 0.1) is 19.8 Å². The van der Waals surface area contributed by atoms with Crippen LogP contribution in [0.2, 0.25) is 0 Å². The van der Waals surface area contributed by atoms with Crippen LogP contribution in [0.3, 0.4) is 0 Å². The van der Waals surface area contributed by atoms with E-state index in [0.29, 0.717) is 17.9 Å². The highest BCUT2D eigenvalue weighted by molar-refractivity contribution is 5.89. The molecule has 0 unspecified atom stereocenters. The standard InChI is InChI=1S/C17H19FN2O2/c1-21-14-8-15-11(6-7-20-17(15)16(18)9-14)2-4-13-5-3-12(19)10-22-13/h2,4,6-9,12-13H,3,5,10,19H2,1H3/b4-2+/t12-,13-/m1/s1. The van der Waals surface area contributed by atoms with Gasteiger partial charge in [-0.2, -0.15) is 0 Å². The first kappa shape index (κ1) is 14.9. The number of nitrogens with two attached hydrogens (primary N) is 1. The predicted molar refractivity (Wildman–Crippen MR) is 84.2 cm³/mol. The van der Waals surface area contributed by atoms with Gasteiger partial charge < -0.3 is 15.2 Å². The number of rotatable bonds is 3. The first-order valence-corrected chi connectivity index (χ1v) is 7.35. The maximum Gasteiger partial charge on any atom is 0.153 e. The Balaban J connectivity index is 1.91. The fraction of sp³-hybridized carbons (Fsp3) is 0.353. The number of methoxy groups -OCH3 is 1. The summed E-state index contributed by atoms with van der Waals surface area (Å²) >= 11 is 0. The second-order valence-electron chi connectivity index (χ2n) is 5.47. The molecule has 22 heavy (non-hydrogen) atoms.